The van der Waals surface area contributed by atoms with Crippen LogP contribution in [-0.4, -0.2) is 18.0 Å². The number of amides is 1. The first-order valence-electron chi connectivity index (χ1n) is 7.85. The van der Waals surface area contributed by atoms with Gasteiger partial charge >= 0.3 is 5.97 Å². The Morgan fingerprint density at radius 1 is 1.12 bits per heavy atom. The van der Waals surface area contributed by atoms with Crippen molar-refractivity contribution >= 4 is 33.5 Å². The number of para-hydroxylation sites is 1. The SMILES string of the molecule is CC(C)c1ccccc1NC(=O)[C@@H](C)OC(=O)c1cc(Br)ccc1F. The standard InChI is InChI=1S/C19H19BrFNO3/c1-11(2)14-6-4-5-7-17(14)22-18(23)12(3)25-19(24)15-10-13(20)8-9-16(15)21/h4-12H,1-3H3,(H,22,23)/t12-/m1/s1. The van der Waals surface area contributed by atoms with E-state index >= 15 is 0 Å². The number of halogens is 2. The number of rotatable bonds is 5. The van der Waals surface area contributed by atoms with Crippen molar-refractivity contribution in [1.29, 1.82) is 0 Å². The van der Waals surface area contributed by atoms with Gasteiger partial charge in [0, 0.05) is 10.2 Å². The molecule has 0 aliphatic carbocycles. The van der Waals surface area contributed by atoms with Crippen LogP contribution in [0.15, 0.2) is 46.9 Å². The maximum Gasteiger partial charge on any atom is 0.341 e. The number of hydrogen-bond acceptors (Lipinski definition) is 3. The predicted molar refractivity (Wildman–Crippen MR) is 98.1 cm³/mol. The minimum Gasteiger partial charge on any atom is -0.449 e. The van der Waals surface area contributed by atoms with Crippen LogP contribution in [0.5, 0.6) is 0 Å². The second kappa shape index (κ2) is 8.25. The average Bonchev–Trinajstić information content (AvgIpc) is 2.57. The molecule has 0 unspecified atom stereocenters. The van der Waals surface area contributed by atoms with E-state index < -0.39 is 23.8 Å². The molecular weight excluding hydrogens is 389 g/mol. The van der Waals surface area contributed by atoms with E-state index in [-0.39, 0.29) is 11.5 Å². The van der Waals surface area contributed by atoms with Crippen molar-refractivity contribution in [2.45, 2.75) is 32.8 Å². The van der Waals surface area contributed by atoms with Crippen LogP contribution in [0.1, 0.15) is 42.6 Å². The minimum atomic E-state index is -1.06. The molecule has 1 N–H and O–H groups in total. The number of hydrogen-bond donors (Lipinski definition) is 1. The van der Waals surface area contributed by atoms with Crippen LogP contribution in [-0.2, 0) is 9.53 Å². The molecule has 25 heavy (non-hydrogen) atoms. The predicted octanol–water partition coefficient (Wildman–Crippen LogP) is 4.90. The normalized spacial score (nSPS) is 11.9. The number of ether oxygens (including phenoxy) is 1. The Labute approximate surface area is 154 Å². The van der Waals surface area contributed by atoms with Crippen LogP contribution in [0.3, 0.4) is 0 Å². The molecule has 0 spiro atoms. The van der Waals surface area contributed by atoms with E-state index in [1.54, 1.807) is 6.07 Å². The van der Waals surface area contributed by atoms with Gasteiger partial charge in [0.15, 0.2) is 6.10 Å². The summed E-state index contributed by atoms with van der Waals surface area (Å²) >= 11 is 3.17. The Balaban J connectivity index is 2.08. The van der Waals surface area contributed by atoms with Gasteiger partial charge in [0.05, 0.1) is 5.56 Å². The first-order valence-corrected chi connectivity index (χ1v) is 8.64. The quantitative estimate of drug-likeness (QED) is 0.717. The van der Waals surface area contributed by atoms with Crippen LogP contribution in [0.2, 0.25) is 0 Å². The second-order valence-corrected chi connectivity index (χ2v) is 6.82. The fourth-order valence-corrected chi connectivity index (χ4v) is 2.64. The lowest BCUT2D eigenvalue weighted by atomic mass is 10.0. The fraction of sp³-hybridized carbons (Fsp3) is 0.263. The van der Waals surface area contributed by atoms with Crippen molar-refractivity contribution in [3.05, 3.63) is 63.9 Å². The summed E-state index contributed by atoms with van der Waals surface area (Å²) in [4.78, 5) is 24.4. The van der Waals surface area contributed by atoms with Gasteiger partial charge in [-0.25, -0.2) is 9.18 Å². The Morgan fingerprint density at radius 2 is 1.80 bits per heavy atom. The molecule has 2 aromatic rings. The molecule has 0 radical (unpaired) electrons. The molecule has 0 aliphatic heterocycles. The Morgan fingerprint density at radius 3 is 2.48 bits per heavy atom. The van der Waals surface area contributed by atoms with Gasteiger partial charge in [0.1, 0.15) is 5.82 Å². The highest BCUT2D eigenvalue weighted by Crippen LogP contribution is 2.24. The molecule has 0 aromatic heterocycles. The second-order valence-electron chi connectivity index (χ2n) is 5.90. The number of carbonyl (C=O) groups excluding carboxylic acids is 2. The molecule has 2 aromatic carbocycles. The van der Waals surface area contributed by atoms with Crippen molar-refractivity contribution in [3.63, 3.8) is 0 Å². The smallest absolute Gasteiger partial charge is 0.341 e. The highest BCUT2D eigenvalue weighted by molar-refractivity contribution is 9.10. The summed E-state index contributed by atoms with van der Waals surface area (Å²) in [7, 11) is 0. The van der Waals surface area contributed by atoms with Gasteiger partial charge in [-0.15, -0.1) is 0 Å². The van der Waals surface area contributed by atoms with E-state index in [1.165, 1.54) is 19.1 Å². The van der Waals surface area contributed by atoms with Crippen molar-refractivity contribution in [1.82, 2.24) is 0 Å². The zero-order valence-electron chi connectivity index (χ0n) is 14.2. The number of anilines is 1. The lowest BCUT2D eigenvalue weighted by Crippen LogP contribution is -2.30. The summed E-state index contributed by atoms with van der Waals surface area (Å²) in [6, 6.07) is 11.4. The van der Waals surface area contributed by atoms with Gasteiger partial charge in [-0.05, 0) is 42.7 Å². The van der Waals surface area contributed by atoms with Gasteiger partial charge < -0.3 is 10.1 Å². The Bertz CT molecular complexity index is 792. The number of carbonyl (C=O) groups is 2. The van der Waals surface area contributed by atoms with Crippen LogP contribution >= 0.6 is 15.9 Å². The lowest BCUT2D eigenvalue weighted by Gasteiger charge is -2.17. The molecule has 0 fully saturated rings. The fourth-order valence-electron chi connectivity index (χ4n) is 2.28. The topological polar surface area (TPSA) is 55.4 Å². The van der Waals surface area contributed by atoms with Crippen molar-refractivity contribution in [2.75, 3.05) is 5.32 Å². The number of nitrogens with one attached hydrogen (secondary N) is 1. The molecule has 6 heteroatoms. The van der Waals surface area contributed by atoms with Gasteiger partial charge in [0.25, 0.3) is 5.91 Å². The summed E-state index contributed by atoms with van der Waals surface area (Å²) in [5.41, 5.74) is 1.42. The first kappa shape index (κ1) is 19.1. The third kappa shape index (κ3) is 4.89. The molecule has 1 amide bonds. The third-order valence-corrected chi connectivity index (χ3v) is 4.14. The summed E-state index contributed by atoms with van der Waals surface area (Å²) in [5.74, 6) is -1.84. The summed E-state index contributed by atoms with van der Waals surface area (Å²) in [5, 5.41) is 2.76. The van der Waals surface area contributed by atoms with E-state index in [0.29, 0.717) is 10.2 Å². The van der Waals surface area contributed by atoms with Crippen LogP contribution in [0, 0.1) is 5.82 Å². The van der Waals surface area contributed by atoms with E-state index in [0.717, 1.165) is 11.6 Å². The average molecular weight is 408 g/mol. The van der Waals surface area contributed by atoms with Gasteiger partial charge in [-0.1, -0.05) is 48.0 Å². The molecule has 4 nitrogen and oxygen atoms in total. The Kier molecular flexibility index (Phi) is 6.31. The summed E-state index contributed by atoms with van der Waals surface area (Å²) in [6.07, 6.45) is -1.06. The van der Waals surface area contributed by atoms with E-state index in [1.807, 2.05) is 32.0 Å². The minimum absolute atomic E-state index is 0.225. The zero-order valence-corrected chi connectivity index (χ0v) is 15.8. The molecular formula is C19H19BrFNO3. The zero-order chi connectivity index (χ0) is 18.6. The number of benzene rings is 2. The Hall–Kier alpha value is -2.21. The van der Waals surface area contributed by atoms with Gasteiger partial charge in [0.2, 0.25) is 0 Å². The monoisotopic (exact) mass is 407 g/mol. The maximum absolute atomic E-state index is 13.7. The number of esters is 1. The lowest BCUT2D eigenvalue weighted by molar-refractivity contribution is -0.123. The molecule has 0 bridgehead atoms. The molecule has 2 rings (SSSR count). The third-order valence-electron chi connectivity index (χ3n) is 3.64. The molecule has 1 atom stereocenters. The van der Waals surface area contributed by atoms with E-state index in [9.17, 15) is 14.0 Å². The maximum atomic E-state index is 13.7. The molecule has 0 saturated carbocycles. The van der Waals surface area contributed by atoms with E-state index in [4.69, 9.17) is 4.74 Å². The highest BCUT2D eigenvalue weighted by atomic mass is 79.9. The largest absolute Gasteiger partial charge is 0.449 e. The van der Waals surface area contributed by atoms with Crippen molar-refractivity contribution in [2.24, 2.45) is 0 Å². The van der Waals surface area contributed by atoms with Crippen LogP contribution in [0.25, 0.3) is 0 Å². The summed E-state index contributed by atoms with van der Waals surface area (Å²) < 4.78 is 19.4. The first-order chi connectivity index (χ1) is 11.8. The van der Waals surface area contributed by atoms with Gasteiger partial charge in [-0.3, -0.25) is 4.79 Å². The van der Waals surface area contributed by atoms with Crippen LogP contribution < -0.4 is 5.32 Å². The van der Waals surface area contributed by atoms with Crippen molar-refractivity contribution < 1.29 is 18.7 Å². The van der Waals surface area contributed by atoms with Crippen molar-refractivity contribution in [3.8, 4) is 0 Å². The van der Waals surface area contributed by atoms with Crippen LogP contribution in [0.4, 0.5) is 10.1 Å². The molecule has 0 saturated heterocycles. The van der Waals surface area contributed by atoms with Gasteiger partial charge in [-0.2, -0.15) is 0 Å². The molecule has 0 aliphatic rings. The highest BCUT2D eigenvalue weighted by Gasteiger charge is 2.22. The molecule has 132 valence electrons. The summed E-state index contributed by atoms with van der Waals surface area (Å²) in [6.45, 7) is 5.48. The van der Waals surface area contributed by atoms with E-state index in [2.05, 4.69) is 21.2 Å². The molecule has 0 heterocycles.